The van der Waals surface area contributed by atoms with E-state index in [0.29, 0.717) is 0 Å². The summed E-state index contributed by atoms with van der Waals surface area (Å²) in [5.41, 5.74) is 0. The van der Waals surface area contributed by atoms with Gasteiger partial charge in [0.25, 0.3) is 5.92 Å². The molecule has 0 atom stereocenters. The Bertz CT molecular complexity index is 104. The minimum absolute atomic E-state index is 0.587. The molecule has 0 bridgehead atoms. The first kappa shape index (κ1) is 10.7. The summed E-state index contributed by atoms with van der Waals surface area (Å²) in [6.07, 6.45) is -2.23. The van der Waals surface area contributed by atoms with E-state index < -0.39 is 25.2 Å². The Labute approximate surface area is 63.9 Å². The van der Waals surface area contributed by atoms with Gasteiger partial charge in [0.05, 0.1) is 0 Å². The summed E-state index contributed by atoms with van der Waals surface area (Å²) < 4.78 is 34.0. The molecule has 0 aromatic heterocycles. The number of rotatable bonds is 5. The van der Waals surface area contributed by atoms with Gasteiger partial charge in [-0.05, 0) is 0 Å². The third-order valence-corrected chi connectivity index (χ3v) is 1.22. The molecule has 5 heteroatoms. The second-order valence-electron chi connectivity index (χ2n) is 2.04. The van der Waals surface area contributed by atoms with Crippen LogP contribution >= 0.6 is 0 Å². The summed E-state index contributed by atoms with van der Waals surface area (Å²) in [5, 5.41) is 8.25. The van der Waals surface area contributed by atoms with Crippen LogP contribution in [0, 0.1) is 0 Å². The average Bonchev–Trinajstić information content (AvgIpc) is 1.89. The molecule has 11 heavy (non-hydrogen) atoms. The first-order valence-electron chi connectivity index (χ1n) is 3.12. The summed E-state index contributed by atoms with van der Waals surface area (Å²) >= 11 is 0. The van der Waals surface area contributed by atoms with Crippen LogP contribution in [0.15, 0.2) is 0 Å². The van der Waals surface area contributed by atoms with E-state index in [1.807, 2.05) is 0 Å². The smallest absolute Gasteiger partial charge is 0.300 e. The van der Waals surface area contributed by atoms with Crippen molar-refractivity contribution in [2.75, 3.05) is 20.8 Å². The van der Waals surface area contributed by atoms with Gasteiger partial charge in [-0.1, -0.05) is 0 Å². The number of hydrogen-bond donors (Lipinski definition) is 1. The lowest BCUT2D eigenvalue weighted by molar-refractivity contribution is -0.240. The molecule has 0 fully saturated rings. The van der Waals surface area contributed by atoms with Crippen molar-refractivity contribution in [3.8, 4) is 0 Å². The lowest BCUT2D eigenvalue weighted by Gasteiger charge is -2.23. The first-order chi connectivity index (χ1) is 5.08. The standard InChI is InChI=1S/C6H12F2O3/c1-10-5(11-2)6(7,8)3-4-9/h5,9H,3-4H2,1-2H3. The fourth-order valence-electron chi connectivity index (χ4n) is 0.708. The number of aliphatic hydroxyl groups is 1. The highest BCUT2D eigenvalue weighted by molar-refractivity contribution is 4.69. The highest BCUT2D eigenvalue weighted by Crippen LogP contribution is 2.24. The van der Waals surface area contributed by atoms with E-state index in [-0.39, 0.29) is 0 Å². The van der Waals surface area contributed by atoms with Crippen molar-refractivity contribution in [3.05, 3.63) is 0 Å². The zero-order chi connectivity index (χ0) is 8.91. The SMILES string of the molecule is COC(OC)C(F)(F)CCO. The lowest BCUT2D eigenvalue weighted by atomic mass is 10.2. The van der Waals surface area contributed by atoms with Crippen LogP contribution in [0.4, 0.5) is 8.78 Å². The quantitative estimate of drug-likeness (QED) is 0.615. The number of alkyl halides is 2. The third kappa shape index (κ3) is 3.09. The van der Waals surface area contributed by atoms with Crippen LogP contribution in [0.2, 0.25) is 0 Å². The molecule has 1 N–H and O–H groups in total. The molecule has 0 heterocycles. The monoisotopic (exact) mass is 170 g/mol. The van der Waals surface area contributed by atoms with Crippen molar-refractivity contribution in [3.63, 3.8) is 0 Å². The van der Waals surface area contributed by atoms with Crippen molar-refractivity contribution in [2.45, 2.75) is 18.6 Å². The van der Waals surface area contributed by atoms with Gasteiger partial charge in [0, 0.05) is 27.2 Å². The highest BCUT2D eigenvalue weighted by Gasteiger charge is 2.39. The highest BCUT2D eigenvalue weighted by atomic mass is 19.3. The van der Waals surface area contributed by atoms with E-state index in [4.69, 9.17) is 5.11 Å². The molecule has 0 spiro atoms. The van der Waals surface area contributed by atoms with E-state index in [0.717, 1.165) is 14.2 Å². The van der Waals surface area contributed by atoms with Gasteiger partial charge in [-0.3, -0.25) is 0 Å². The summed E-state index contributed by atoms with van der Waals surface area (Å²) in [4.78, 5) is 0. The van der Waals surface area contributed by atoms with E-state index in [1.54, 1.807) is 0 Å². The first-order valence-corrected chi connectivity index (χ1v) is 3.12. The van der Waals surface area contributed by atoms with Crippen molar-refractivity contribution in [1.29, 1.82) is 0 Å². The Hall–Kier alpha value is -0.260. The van der Waals surface area contributed by atoms with Gasteiger partial charge < -0.3 is 14.6 Å². The molecule has 0 aliphatic heterocycles. The van der Waals surface area contributed by atoms with Gasteiger partial charge in [-0.2, -0.15) is 0 Å². The molecule has 0 aliphatic carbocycles. The van der Waals surface area contributed by atoms with Gasteiger partial charge in [0.1, 0.15) is 0 Å². The molecule has 0 unspecified atom stereocenters. The number of ether oxygens (including phenoxy) is 2. The van der Waals surface area contributed by atoms with E-state index in [2.05, 4.69) is 9.47 Å². The number of halogens is 2. The number of aliphatic hydroxyl groups excluding tert-OH is 1. The summed E-state index contributed by atoms with van der Waals surface area (Å²) in [6, 6.07) is 0. The molecular formula is C6H12F2O3. The zero-order valence-electron chi connectivity index (χ0n) is 6.51. The minimum Gasteiger partial charge on any atom is -0.396 e. The molecular weight excluding hydrogens is 158 g/mol. The Morgan fingerprint density at radius 2 is 1.82 bits per heavy atom. The predicted molar refractivity (Wildman–Crippen MR) is 34.5 cm³/mol. The molecule has 68 valence electrons. The zero-order valence-corrected chi connectivity index (χ0v) is 6.51. The Kier molecular flexibility index (Phi) is 4.48. The predicted octanol–water partition coefficient (Wildman–Crippen LogP) is 0.623. The van der Waals surface area contributed by atoms with Gasteiger partial charge in [0.2, 0.25) is 6.29 Å². The van der Waals surface area contributed by atoms with Crippen molar-refractivity contribution in [2.24, 2.45) is 0 Å². The fraction of sp³-hybridized carbons (Fsp3) is 1.00. The van der Waals surface area contributed by atoms with Crippen LogP contribution in [-0.4, -0.2) is 38.1 Å². The van der Waals surface area contributed by atoms with Crippen LogP contribution in [-0.2, 0) is 9.47 Å². The maximum Gasteiger partial charge on any atom is 0.300 e. The molecule has 0 aromatic carbocycles. The molecule has 0 aliphatic rings. The van der Waals surface area contributed by atoms with Gasteiger partial charge in [-0.15, -0.1) is 0 Å². The van der Waals surface area contributed by atoms with E-state index in [9.17, 15) is 8.78 Å². The second-order valence-corrected chi connectivity index (χ2v) is 2.04. The van der Waals surface area contributed by atoms with Crippen LogP contribution in [0.25, 0.3) is 0 Å². The van der Waals surface area contributed by atoms with Crippen molar-refractivity contribution < 1.29 is 23.4 Å². The van der Waals surface area contributed by atoms with Gasteiger partial charge in [-0.25, -0.2) is 8.78 Å². The lowest BCUT2D eigenvalue weighted by Crippen LogP contribution is -2.37. The van der Waals surface area contributed by atoms with Gasteiger partial charge in [0.15, 0.2) is 0 Å². The number of methoxy groups -OCH3 is 2. The van der Waals surface area contributed by atoms with Crippen LogP contribution < -0.4 is 0 Å². The van der Waals surface area contributed by atoms with E-state index in [1.165, 1.54) is 0 Å². The molecule has 0 saturated heterocycles. The minimum atomic E-state index is -3.13. The Morgan fingerprint density at radius 1 is 1.36 bits per heavy atom. The van der Waals surface area contributed by atoms with Crippen LogP contribution in [0.3, 0.4) is 0 Å². The molecule has 3 nitrogen and oxygen atoms in total. The average molecular weight is 170 g/mol. The summed E-state index contributed by atoms with van der Waals surface area (Å²) in [5.74, 6) is -3.13. The summed E-state index contributed by atoms with van der Waals surface area (Å²) in [6.45, 7) is -0.587. The molecule has 0 radical (unpaired) electrons. The number of hydrogen-bond acceptors (Lipinski definition) is 3. The molecule has 0 rings (SSSR count). The topological polar surface area (TPSA) is 38.7 Å². The maximum absolute atomic E-state index is 12.7. The van der Waals surface area contributed by atoms with Crippen LogP contribution in [0.1, 0.15) is 6.42 Å². The third-order valence-electron chi connectivity index (χ3n) is 1.22. The maximum atomic E-state index is 12.7. The van der Waals surface area contributed by atoms with Crippen molar-refractivity contribution in [1.82, 2.24) is 0 Å². The van der Waals surface area contributed by atoms with Gasteiger partial charge >= 0.3 is 0 Å². The normalized spacial score (nSPS) is 12.5. The molecule has 0 saturated carbocycles. The Morgan fingerprint density at radius 3 is 2.09 bits per heavy atom. The Balaban J connectivity index is 4.00. The molecule has 0 amide bonds. The molecule has 0 aromatic rings. The largest absolute Gasteiger partial charge is 0.396 e. The second kappa shape index (κ2) is 4.58. The van der Waals surface area contributed by atoms with E-state index >= 15 is 0 Å². The van der Waals surface area contributed by atoms with Crippen molar-refractivity contribution >= 4 is 0 Å². The fourth-order valence-corrected chi connectivity index (χ4v) is 0.708. The summed E-state index contributed by atoms with van der Waals surface area (Å²) in [7, 11) is 2.25. The van der Waals surface area contributed by atoms with Crippen LogP contribution in [0.5, 0.6) is 0 Å².